The highest BCUT2D eigenvalue weighted by Gasteiger charge is 2.21. The van der Waals surface area contributed by atoms with Crippen LogP contribution in [-0.2, 0) is 4.79 Å². The van der Waals surface area contributed by atoms with Gasteiger partial charge in [-0.1, -0.05) is 36.2 Å². The molecule has 0 aliphatic heterocycles. The molecule has 0 heterocycles. The van der Waals surface area contributed by atoms with Gasteiger partial charge in [-0.3, -0.25) is 4.79 Å². The summed E-state index contributed by atoms with van der Waals surface area (Å²) in [4.78, 5) is 10.9. The lowest BCUT2D eigenvalue weighted by atomic mass is 9.86. The molecule has 0 aromatic heterocycles. The third-order valence-electron chi connectivity index (χ3n) is 3.05. The van der Waals surface area contributed by atoms with E-state index in [0.29, 0.717) is 0 Å². The van der Waals surface area contributed by atoms with E-state index in [0.717, 1.165) is 23.1 Å². The van der Waals surface area contributed by atoms with E-state index in [1.54, 1.807) is 0 Å². The van der Waals surface area contributed by atoms with Crippen LogP contribution in [0.5, 0.6) is 0 Å². The van der Waals surface area contributed by atoms with E-state index in [1.807, 2.05) is 32.9 Å². The first kappa shape index (κ1) is 13.7. The molecule has 0 radical (unpaired) electrons. The lowest BCUT2D eigenvalue weighted by molar-refractivity contribution is -0.137. The Morgan fingerprint density at radius 3 is 2.24 bits per heavy atom. The molecule has 1 aromatic carbocycles. The fraction of sp³-hybridized carbons (Fsp3) is 0.500. The van der Waals surface area contributed by atoms with E-state index in [4.69, 9.17) is 10.8 Å². The van der Waals surface area contributed by atoms with Crippen LogP contribution in [0.1, 0.15) is 42.4 Å². The summed E-state index contributed by atoms with van der Waals surface area (Å²) >= 11 is 0. The largest absolute Gasteiger partial charge is 0.481 e. The van der Waals surface area contributed by atoms with Gasteiger partial charge in [0, 0.05) is 12.0 Å². The Morgan fingerprint density at radius 2 is 1.82 bits per heavy atom. The van der Waals surface area contributed by atoms with Crippen molar-refractivity contribution in [3.63, 3.8) is 0 Å². The number of aliphatic carboxylic acids is 1. The highest BCUT2D eigenvalue weighted by molar-refractivity contribution is 5.68. The van der Waals surface area contributed by atoms with Gasteiger partial charge >= 0.3 is 5.97 Å². The Labute approximate surface area is 103 Å². The molecular weight excluding hydrogens is 214 g/mol. The van der Waals surface area contributed by atoms with Crippen LogP contribution in [0, 0.1) is 13.8 Å². The summed E-state index contributed by atoms with van der Waals surface area (Å²) < 4.78 is 0. The van der Waals surface area contributed by atoms with Crippen molar-refractivity contribution in [1.29, 1.82) is 0 Å². The molecule has 0 aliphatic rings. The van der Waals surface area contributed by atoms with Crippen molar-refractivity contribution in [2.75, 3.05) is 0 Å². The fourth-order valence-electron chi connectivity index (χ4n) is 2.21. The third-order valence-corrected chi connectivity index (χ3v) is 3.05. The zero-order valence-corrected chi connectivity index (χ0v) is 10.7. The van der Waals surface area contributed by atoms with E-state index < -0.39 is 5.97 Å². The van der Waals surface area contributed by atoms with Crippen LogP contribution < -0.4 is 5.73 Å². The predicted octanol–water partition coefficient (Wildman–Crippen LogP) is 2.60. The molecule has 3 heteroatoms. The van der Waals surface area contributed by atoms with E-state index in [2.05, 4.69) is 6.07 Å². The van der Waals surface area contributed by atoms with Crippen LogP contribution in [0.25, 0.3) is 0 Å². The summed E-state index contributed by atoms with van der Waals surface area (Å²) in [6.45, 7) is 6.03. The standard InChI is InChI=1S/C14H21NO2/c1-4-13(15)12(8-14(16)17)11-6-9(2)5-10(3)7-11/h5-7,12-13H,4,8,15H2,1-3H3,(H,16,17). The molecule has 1 aromatic rings. The summed E-state index contributed by atoms with van der Waals surface area (Å²) in [5.74, 6) is -0.894. The Bertz CT molecular complexity index is 381. The highest BCUT2D eigenvalue weighted by atomic mass is 16.4. The lowest BCUT2D eigenvalue weighted by Gasteiger charge is -2.22. The quantitative estimate of drug-likeness (QED) is 0.824. The summed E-state index contributed by atoms with van der Waals surface area (Å²) in [7, 11) is 0. The molecule has 3 nitrogen and oxygen atoms in total. The number of rotatable bonds is 5. The van der Waals surface area contributed by atoms with Crippen LogP contribution in [0.3, 0.4) is 0 Å². The van der Waals surface area contributed by atoms with Crippen molar-refractivity contribution in [3.05, 3.63) is 34.9 Å². The number of carboxylic acid groups (broad SMARTS) is 1. The maximum absolute atomic E-state index is 10.9. The van der Waals surface area contributed by atoms with Gasteiger partial charge in [0.15, 0.2) is 0 Å². The summed E-state index contributed by atoms with van der Waals surface area (Å²) in [5, 5.41) is 8.97. The fourth-order valence-corrected chi connectivity index (χ4v) is 2.21. The van der Waals surface area contributed by atoms with Crippen LogP contribution in [0.2, 0.25) is 0 Å². The molecule has 2 atom stereocenters. The second kappa shape index (κ2) is 5.82. The molecule has 0 fully saturated rings. The van der Waals surface area contributed by atoms with Crippen LogP contribution in [0.4, 0.5) is 0 Å². The maximum Gasteiger partial charge on any atom is 0.304 e. The molecule has 2 unspecified atom stereocenters. The average Bonchev–Trinajstić information content (AvgIpc) is 2.23. The van der Waals surface area contributed by atoms with Gasteiger partial charge in [0.05, 0.1) is 6.42 Å². The van der Waals surface area contributed by atoms with E-state index in [-0.39, 0.29) is 18.4 Å². The number of carbonyl (C=O) groups is 1. The predicted molar refractivity (Wildman–Crippen MR) is 69.2 cm³/mol. The minimum absolute atomic E-state index is 0.0951. The van der Waals surface area contributed by atoms with Crippen LogP contribution in [0.15, 0.2) is 18.2 Å². The van der Waals surface area contributed by atoms with E-state index in [9.17, 15) is 4.79 Å². The molecule has 3 N–H and O–H groups in total. The minimum Gasteiger partial charge on any atom is -0.481 e. The van der Waals surface area contributed by atoms with Gasteiger partial charge in [-0.2, -0.15) is 0 Å². The van der Waals surface area contributed by atoms with Gasteiger partial charge in [-0.25, -0.2) is 0 Å². The summed E-state index contributed by atoms with van der Waals surface area (Å²) in [6.07, 6.45) is 0.878. The lowest BCUT2D eigenvalue weighted by Crippen LogP contribution is -2.29. The molecule has 0 spiro atoms. The number of hydrogen-bond donors (Lipinski definition) is 2. The van der Waals surface area contributed by atoms with Gasteiger partial charge in [0.25, 0.3) is 0 Å². The van der Waals surface area contributed by atoms with E-state index in [1.165, 1.54) is 0 Å². The van der Waals surface area contributed by atoms with Crippen molar-refractivity contribution >= 4 is 5.97 Å². The smallest absolute Gasteiger partial charge is 0.304 e. The maximum atomic E-state index is 10.9. The Balaban J connectivity index is 3.07. The molecule has 17 heavy (non-hydrogen) atoms. The van der Waals surface area contributed by atoms with Crippen molar-refractivity contribution < 1.29 is 9.90 Å². The second-order valence-electron chi connectivity index (χ2n) is 4.70. The number of hydrogen-bond acceptors (Lipinski definition) is 2. The number of benzene rings is 1. The van der Waals surface area contributed by atoms with Crippen molar-refractivity contribution in [1.82, 2.24) is 0 Å². The van der Waals surface area contributed by atoms with Gasteiger partial charge < -0.3 is 10.8 Å². The molecule has 0 amide bonds. The molecule has 0 aliphatic carbocycles. The molecular formula is C14H21NO2. The molecule has 1 rings (SSSR count). The summed E-state index contributed by atoms with van der Waals surface area (Å²) in [5.41, 5.74) is 9.38. The van der Waals surface area contributed by atoms with E-state index >= 15 is 0 Å². The van der Waals surface area contributed by atoms with Crippen molar-refractivity contribution in [3.8, 4) is 0 Å². The highest BCUT2D eigenvalue weighted by Crippen LogP contribution is 2.26. The topological polar surface area (TPSA) is 63.3 Å². The van der Waals surface area contributed by atoms with Crippen LogP contribution >= 0.6 is 0 Å². The average molecular weight is 235 g/mol. The van der Waals surface area contributed by atoms with Crippen molar-refractivity contribution in [2.45, 2.75) is 45.6 Å². The third kappa shape index (κ3) is 3.86. The first-order chi connectivity index (χ1) is 7.93. The number of aryl methyl sites for hydroxylation is 2. The van der Waals surface area contributed by atoms with Gasteiger partial charge in [-0.05, 0) is 25.8 Å². The minimum atomic E-state index is -0.793. The van der Waals surface area contributed by atoms with Crippen LogP contribution in [-0.4, -0.2) is 17.1 Å². The Kier molecular flexibility index (Phi) is 4.70. The Morgan fingerprint density at radius 1 is 1.29 bits per heavy atom. The monoisotopic (exact) mass is 235 g/mol. The first-order valence-electron chi connectivity index (χ1n) is 5.99. The first-order valence-corrected chi connectivity index (χ1v) is 5.99. The molecule has 0 bridgehead atoms. The number of nitrogens with two attached hydrogens (primary N) is 1. The molecule has 0 saturated heterocycles. The van der Waals surface area contributed by atoms with Gasteiger partial charge in [-0.15, -0.1) is 0 Å². The molecule has 94 valence electrons. The molecule has 0 saturated carbocycles. The summed E-state index contributed by atoms with van der Waals surface area (Å²) in [6, 6.07) is 6.05. The number of carboxylic acids is 1. The zero-order valence-electron chi connectivity index (χ0n) is 10.7. The zero-order chi connectivity index (χ0) is 13.0. The Hall–Kier alpha value is -1.35. The second-order valence-corrected chi connectivity index (χ2v) is 4.70. The normalized spacial score (nSPS) is 14.4. The van der Waals surface area contributed by atoms with Gasteiger partial charge in [0.1, 0.15) is 0 Å². The van der Waals surface area contributed by atoms with Crippen molar-refractivity contribution in [2.24, 2.45) is 5.73 Å². The van der Waals surface area contributed by atoms with Gasteiger partial charge in [0.2, 0.25) is 0 Å². The SMILES string of the molecule is CCC(N)C(CC(=O)O)c1cc(C)cc(C)c1.